The molecule has 144 valence electrons. The molecule has 0 atom stereocenters. The molecule has 0 bridgehead atoms. The van der Waals surface area contributed by atoms with Crippen LogP contribution in [0.1, 0.15) is 32.9 Å². The van der Waals surface area contributed by atoms with Crippen molar-refractivity contribution in [3.8, 4) is 5.75 Å². The number of hydrogen-bond donors (Lipinski definition) is 0. The number of aromatic nitrogens is 2. The molecular weight excluding hydrogens is 370 g/mol. The summed E-state index contributed by atoms with van der Waals surface area (Å²) < 4.78 is 14.2. The Labute approximate surface area is 169 Å². The molecular formula is C22H23N3O2S. The average molecular weight is 394 g/mol. The lowest BCUT2D eigenvalue weighted by Gasteiger charge is -2.22. The molecule has 0 fully saturated rings. The molecule has 0 aliphatic rings. The summed E-state index contributed by atoms with van der Waals surface area (Å²) in [4.78, 5) is 14.8. The van der Waals surface area contributed by atoms with E-state index in [9.17, 15) is 4.79 Å². The van der Waals surface area contributed by atoms with Crippen LogP contribution < -0.4 is 4.74 Å². The zero-order valence-corrected chi connectivity index (χ0v) is 16.9. The second-order valence-corrected chi connectivity index (χ2v) is 7.10. The van der Waals surface area contributed by atoms with Crippen LogP contribution in [-0.2, 0) is 13.2 Å². The van der Waals surface area contributed by atoms with Crippen LogP contribution in [0.4, 0.5) is 0 Å². The SMILES string of the molecule is C=CCN(Cc1ccc(C)cc1)C(=O)c1cccc(OCc2nsnc2C)c1. The number of hydrogen-bond acceptors (Lipinski definition) is 5. The Hall–Kier alpha value is -2.99. The summed E-state index contributed by atoms with van der Waals surface area (Å²) in [7, 11) is 0. The van der Waals surface area contributed by atoms with Gasteiger partial charge in [-0.1, -0.05) is 42.0 Å². The largest absolute Gasteiger partial charge is 0.487 e. The first-order valence-corrected chi connectivity index (χ1v) is 9.76. The average Bonchev–Trinajstić information content (AvgIpc) is 3.12. The zero-order valence-electron chi connectivity index (χ0n) is 16.1. The highest BCUT2D eigenvalue weighted by Crippen LogP contribution is 2.18. The van der Waals surface area contributed by atoms with Gasteiger partial charge in [0.25, 0.3) is 5.91 Å². The summed E-state index contributed by atoms with van der Waals surface area (Å²) >= 11 is 1.17. The first kappa shape index (κ1) is 19.8. The minimum atomic E-state index is -0.0579. The van der Waals surface area contributed by atoms with Gasteiger partial charge in [0.1, 0.15) is 18.1 Å². The van der Waals surface area contributed by atoms with Crippen molar-refractivity contribution < 1.29 is 9.53 Å². The molecule has 0 N–H and O–H groups in total. The predicted octanol–water partition coefficient (Wildman–Crippen LogP) is 4.56. The van der Waals surface area contributed by atoms with Crippen molar-refractivity contribution in [1.82, 2.24) is 13.6 Å². The topological polar surface area (TPSA) is 55.3 Å². The normalized spacial score (nSPS) is 10.5. The van der Waals surface area contributed by atoms with Crippen LogP contribution in [0.2, 0.25) is 0 Å². The minimum absolute atomic E-state index is 0.0579. The molecule has 0 aliphatic carbocycles. The Morgan fingerprint density at radius 1 is 1.18 bits per heavy atom. The molecule has 28 heavy (non-hydrogen) atoms. The Kier molecular flexibility index (Phi) is 6.55. The van der Waals surface area contributed by atoms with Crippen molar-refractivity contribution in [1.29, 1.82) is 0 Å². The van der Waals surface area contributed by atoms with E-state index in [1.54, 1.807) is 23.1 Å². The van der Waals surface area contributed by atoms with Crippen LogP contribution in [-0.4, -0.2) is 26.1 Å². The van der Waals surface area contributed by atoms with Gasteiger partial charge < -0.3 is 9.64 Å². The van der Waals surface area contributed by atoms with E-state index in [0.717, 1.165) is 17.0 Å². The van der Waals surface area contributed by atoms with Gasteiger partial charge in [0, 0.05) is 18.7 Å². The summed E-state index contributed by atoms with van der Waals surface area (Å²) in [5.74, 6) is 0.574. The Morgan fingerprint density at radius 3 is 2.64 bits per heavy atom. The third-order valence-electron chi connectivity index (χ3n) is 4.33. The smallest absolute Gasteiger partial charge is 0.254 e. The Morgan fingerprint density at radius 2 is 1.96 bits per heavy atom. The highest BCUT2D eigenvalue weighted by atomic mass is 32.1. The fourth-order valence-corrected chi connectivity index (χ4v) is 3.27. The molecule has 1 aromatic heterocycles. The highest BCUT2D eigenvalue weighted by Gasteiger charge is 2.16. The number of benzene rings is 2. The van der Waals surface area contributed by atoms with Crippen molar-refractivity contribution in [2.24, 2.45) is 0 Å². The number of ether oxygens (including phenoxy) is 1. The lowest BCUT2D eigenvalue weighted by atomic mass is 10.1. The second-order valence-electron chi connectivity index (χ2n) is 6.57. The third-order valence-corrected chi connectivity index (χ3v) is 4.99. The molecule has 5 nitrogen and oxygen atoms in total. The number of nitrogens with zero attached hydrogens (tertiary/aromatic N) is 3. The third kappa shape index (κ3) is 5.04. The van der Waals surface area contributed by atoms with Gasteiger partial charge >= 0.3 is 0 Å². The second kappa shape index (κ2) is 9.28. The quantitative estimate of drug-likeness (QED) is 0.526. The van der Waals surface area contributed by atoms with Crippen LogP contribution in [0.3, 0.4) is 0 Å². The molecule has 1 amide bonds. The van der Waals surface area contributed by atoms with E-state index < -0.39 is 0 Å². The highest BCUT2D eigenvalue weighted by molar-refractivity contribution is 6.99. The standard InChI is InChI=1S/C22H23N3O2S/c1-4-12-25(14-18-10-8-16(2)9-11-18)22(26)19-6-5-7-20(13-19)27-15-21-17(3)23-28-24-21/h4-11,13H,1,12,14-15H2,2-3H3. The van der Waals surface area contributed by atoms with Crippen molar-refractivity contribution in [3.63, 3.8) is 0 Å². The number of aryl methyl sites for hydroxylation is 2. The van der Waals surface area contributed by atoms with Crippen molar-refractivity contribution in [3.05, 3.63) is 89.3 Å². The molecule has 2 aromatic carbocycles. The van der Waals surface area contributed by atoms with Gasteiger partial charge in [-0.25, -0.2) is 0 Å². The maximum absolute atomic E-state index is 13.0. The van der Waals surface area contributed by atoms with Crippen molar-refractivity contribution >= 4 is 17.6 Å². The molecule has 3 aromatic rings. The lowest BCUT2D eigenvalue weighted by Crippen LogP contribution is -2.30. The van der Waals surface area contributed by atoms with Crippen LogP contribution in [0, 0.1) is 13.8 Å². The Bertz CT molecular complexity index is 950. The van der Waals surface area contributed by atoms with E-state index in [1.165, 1.54) is 17.3 Å². The molecule has 6 heteroatoms. The minimum Gasteiger partial charge on any atom is -0.487 e. The van der Waals surface area contributed by atoms with Crippen molar-refractivity contribution in [2.75, 3.05) is 6.54 Å². The van der Waals surface area contributed by atoms with Gasteiger partial charge in [0.05, 0.1) is 17.4 Å². The van der Waals surface area contributed by atoms with Crippen LogP contribution in [0.5, 0.6) is 5.75 Å². The van der Waals surface area contributed by atoms with Gasteiger partial charge in [-0.15, -0.1) is 6.58 Å². The molecule has 0 saturated heterocycles. The molecule has 0 radical (unpaired) electrons. The number of amides is 1. The monoisotopic (exact) mass is 393 g/mol. The number of rotatable bonds is 8. The van der Waals surface area contributed by atoms with E-state index in [-0.39, 0.29) is 5.91 Å². The summed E-state index contributed by atoms with van der Waals surface area (Å²) in [5.41, 5.74) is 4.54. The Balaban J connectivity index is 1.72. The van der Waals surface area contributed by atoms with Crippen LogP contribution in [0.25, 0.3) is 0 Å². The fourth-order valence-electron chi connectivity index (χ4n) is 2.72. The summed E-state index contributed by atoms with van der Waals surface area (Å²) in [5, 5.41) is 0. The molecule has 0 unspecified atom stereocenters. The van der Waals surface area contributed by atoms with E-state index >= 15 is 0 Å². The molecule has 1 heterocycles. The maximum atomic E-state index is 13.0. The molecule has 0 spiro atoms. The summed E-state index contributed by atoms with van der Waals surface area (Å²) in [6, 6.07) is 15.4. The van der Waals surface area contributed by atoms with Crippen LogP contribution >= 0.6 is 11.7 Å². The molecule has 0 saturated carbocycles. The predicted molar refractivity (Wildman–Crippen MR) is 112 cm³/mol. The maximum Gasteiger partial charge on any atom is 0.254 e. The lowest BCUT2D eigenvalue weighted by molar-refractivity contribution is 0.0762. The van der Waals surface area contributed by atoms with E-state index in [0.29, 0.717) is 31.0 Å². The first-order chi connectivity index (χ1) is 13.6. The summed E-state index contributed by atoms with van der Waals surface area (Å²) in [6.07, 6.45) is 1.74. The zero-order chi connectivity index (χ0) is 19.9. The molecule has 0 aliphatic heterocycles. The number of carbonyl (C=O) groups is 1. The van der Waals surface area contributed by atoms with Gasteiger partial charge in [-0.05, 0) is 37.6 Å². The van der Waals surface area contributed by atoms with Gasteiger partial charge in [-0.3, -0.25) is 4.79 Å². The first-order valence-electron chi connectivity index (χ1n) is 9.03. The van der Waals surface area contributed by atoms with E-state index in [2.05, 4.69) is 27.5 Å². The van der Waals surface area contributed by atoms with Crippen LogP contribution in [0.15, 0.2) is 61.2 Å². The number of carbonyl (C=O) groups excluding carboxylic acids is 1. The molecule has 3 rings (SSSR count). The van der Waals surface area contributed by atoms with E-state index in [4.69, 9.17) is 4.74 Å². The van der Waals surface area contributed by atoms with E-state index in [1.807, 2.05) is 38.1 Å². The van der Waals surface area contributed by atoms with Gasteiger partial charge in [0.15, 0.2) is 0 Å². The summed E-state index contributed by atoms with van der Waals surface area (Å²) in [6.45, 7) is 9.07. The van der Waals surface area contributed by atoms with Crippen molar-refractivity contribution in [2.45, 2.75) is 27.0 Å². The fraction of sp³-hybridized carbons (Fsp3) is 0.227. The van der Waals surface area contributed by atoms with Gasteiger partial charge in [0.2, 0.25) is 0 Å². The van der Waals surface area contributed by atoms with Gasteiger partial charge in [-0.2, -0.15) is 8.75 Å².